The first kappa shape index (κ1) is 13.3. The van der Waals surface area contributed by atoms with Crippen LogP contribution in [-0.2, 0) is 11.3 Å². The maximum Gasteiger partial charge on any atom is 0.265 e. The summed E-state index contributed by atoms with van der Waals surface area (Å²) in [6, 6.07) is 9.24. The second-order valence-electron chi connectivity index (χ2n) is 3.79. The highest BCUT2D eigenvalue weighted by molar-refractivity contribution is 9.10. The van der Waals surface area contributed by atoms with Crippen molar-refractivity contribution in [2.75, 3.05) is 5.32 Å². The number of hydrogen-bond donors (Lipinski definition) is 2. The van der Waals surface area contributed by atoms with Crippen molar-refractivity contribution in [1.82, 2.24) is 9.78 Å². The molecule has 1 aromatic heterocycles. The minimum atomic E-state index is -0.439. The lowest BCUT2D eigenvalue weighted by molar-refractivity contribution is -0.117. The first-order valence-corrected chi connectivity index (χ1v) is 6.19. The highest BCUT2D eigenvalue weighted by Gasteiger charge is 2.05. The summed E-state index contributed by atoms with van der Waals surface area (Å²) in [6.45, 7) is -0.245. The number of aromatic nitrogens is 2. The molecule has 19 heavy (non-hydrogen) atoms. The molecule has 7 heteroatoms. The predicted molar refractivity (Wildman–Crippen MR) is 74.1 cm³/mol. The van der Waals surface area contributed by atoms with Crippen LogP contribution in [0.2, 0.25) is 0 Å². The fourth-order valence-corrected chi connectivity index (χ4v) is 1.72. The topological polar surface area (TPSA) is 84.0 Å². The van der Waals surface area contributed by atoms with E-state index in [4.69, 9.17) is 0 Å². The quantitative estimate of drug-likeness (QED) is 0.881. The highest BCUT2D eigenvalue weighted by atomic mass is 79.9. The molecule has 0 atom stereocenters. The Morgan fingerprint density at radius 3 is 2.53 bits per heavy atom. The average Bonchev–Trinajstić information content (AvgIpc) is 2.37. The van der Waals surface area contributed by atoms with Crippen molar-refractivity contribution < 1.29 is 4.79 Å². The lowest BCUT2D eigenvalue weighted by Crippen LogP contribution is -2.32. The lowest BCUT2D eigenvalue weighted by atomic mass is 10.3. The third kappa shape index (κ3) is 3.65. The van der Waals surface area contributed by atoms with Crippen LogP contribution in [0.5, 0.6) is 0 Å². The summed E-state index contributed by atoms with van der Waals surface area (Å²) in [7, 11) is 0. The minimum Gasteiger partial charge on any atom is -0.324 e. The van der Waals surface area contributed by atoms with Gasteiger partial charge in [0.25, 0.3) is 11.1 Å². The van der Waals surface area contributed by atoms with Gasteiger partial charge in [0.05, 0.1) is 0 Å². The Hall–Kier alpha value is -2.15. The van der Waals surface area contributed by atoms with Gasteiger partial charge in [-0.1, -0.05) is 15.9 Å². The molecule has 2 rings (SSSR count). The van der Waals surface area contributed by atoms with E-state index in [2.05, 4.69) is 26.3 Å². The number of rotatable bonds is 3. The molecule has 6 nitrogen and oxygen atoms in total. The molecule has 0 spiro atoms. The molecule has 2 aromatic rings. The molecule has 1 aromatic carbocycles. The maximum atomic E-state index is 11.7. The van der Waals surface area contributed by atoms with Crippen molar-refractivity contribution in [2.45, 2.75) is 6.54 Å². The summed E-state index contributed by atoms with van der Waals surface area (Å²) in [5.41, 5.74) is -0.263. The lowest BCUT2D eigenvalue weighted by Gasteiger charge is -2.06. The molecule has 1 amide bonds. The molecule has 0 fully saturated rings. The van der Waals surface area contributed by atoms with Gasteiger partial charge in [-0.15, -0.1) is 0 Å². The largest absolute Gasteiger partial charge is 0.324 e. The third-order valence-electron chi connectivity index (χ3n) is 2.32. The first-order valence-electron chi connectivity index (χ1n) is 5.40. The Bertz CT molecular complexity index is 703. The van der Waals surface area contributed by atoms with Crippen LogP contribution in [0, 0.1) is 0 Å². The van der Waals surface area contributed by atoms with Crippen molar-refractivity contribution in [3.8, 4) is 0 Å². The predicted octanol–water partition coefficient (Wildman–Crippen LogP) is 0.938. The van der Waals surface area contributed by atoms with Gasteiger partial charge in [-0.25, -0.2) is 4.68 Å². The second-order valence-corrected chi connectivity index (χ2v) is 4.70. The molecular weight excluding hydrogens is 314 g/mol. The van der Waals surface area contributed by atoms with E-state index in [-0.39, 0.29) is 6.54 Å². The summed E-state index contributed by atoms with van der Waals surface area (Å²) < 4.78 is 1.85. The van der Waals surface area contributed by atoms with Crippen LogP contribution < -0.4 is 16.4 Å². The van der Waals surface area contributed by atoms with Gasteiger partial charge < -0.3 is 5.32 Å². The number of anilines is 1. The van der Waals surface area contributed by atoms with E-state index in [9.17, 15) is 14.4 Å². The van der Waals surface area contributed by atoms with Crippen LogP contribution in [0.15, 0.2) is 50.5 Å². The highest BCUT2D eigenvalue weighted by Crippen LogP contribution is 2.13. The number of benzene rings is 1. The number of carbonyl (C=O) groups is 1. The van der Waals surface area contributed by atoms with Gasteiger partial charge in [-0.05, 0) is 24.3 Å². The summed E-state index contributed by atoms with van der Waals surface area (Å²) >= 11 is 3.29. The van der Waals surface area contributed by atoms with Crippen molar-refractivity contribution in [2.24, 2.45) is 0 Å². The van der Waals surface area contributed by atoms with Gasteiger partial charge >= 0.3 is 0 Å². The molecule has 1 heterocycles. The SMILES string of the molecule is O=C(Cn1[nH]c(=O)ccc1=O)Nc1ccc(Br)cc1. The zero-order chi connectivity index (χ0) is 13.8. The second kappa shape index (κ2) is 5.66. The number of halogens is 1. The number of H-pyrrole nitrogens is 1. The summed E-state index contributed by atoms with van der Waals surface area (Å²) in [6.07, 6.45) is 0. The van der Waals surface area contributed by atoms with E-state index < -0.39 is 17.0 Å². The Labute approximate surface area is 116 Å². The molecule has 0 aliphatic heterocycles. The maximum absolute atomic E-state index is 11.7. The molecule has 98 valence electrons. The van der Waals surface area contributed by atoms with Crippen LogP contribution in [0.3, 0.4) is 0 Å². The summed E-state index contributed by atoms with van der Waals surface area (Å²) in [5, 5.41) is 4.90. The standard InChI is InChI=1S/C12H10BrN3O3/c13-8-1-3-9(4-2-8)14-11(18)7-16-12(19)6-5-10(17)15-16/h1-6H,7H2,(H,14,18)(H,15,17). The zero-order valence-corrected chi connectivity index (χ0v) is 11.3. The van der Waals surface area contributed by atoms with Gasteiger partial charge in [0, 0.05) is 22.3 Å². The number of nitrogens with one attached hydrogen (secondary N) is 2. The normalized spacial score (nSPS) is 10.2. The molecule has 0 unspecified atom stereocenters. The Kier molecular flexibility index (Phi) is 3.96. The van der Waals surface area contributed by atoms with E-state index in [0.29, 0.717) is 5.69 Å². The summed E-state index contributed by atoms with van der Waals surface area (Å²) in [5.74, 6) is -0.397. The first-order chi connectivity index (χ1) is 9.04. The molecule has 0 aliphatic rings. The van der Waals surface area contributed by atoms with Crippen LogP contribution in [0.1, 0.15) is 0 Å². The van der Waals surface area contributed by atoms with Gasteiger partial charge in [-0.2, -0.15) is 0 Å². The molecule has 0 bridgehead atoms. The van der Waals surface area contributed by atoms with Gasteiger partial charge in [0.15, 0.2) is 0 Å². The molecule has 2 N–H and O–H groups in total. The van der Waals surface area contributed by atoms with Crippen molar-refractivity contribution in [3.63, 3.8) is 0 Å². The van der Waals surface area contributed by atoms with Crippen LogP contribution in [0.25, 0.3) is 0 Å². The molecule has 0 radical (unpaired) electrons. The fraction of sp³-hybridized carbons (Fsp3) is 0.0833. The Balaban J connectivity index is 2.09. The fourth-order valence-electron chi connectivity index (χ4n) is 1.46. The van der Waals surface area contributed by atoms with Gasteiger partial charge in [0.2, 0.25) is 5.91 Å². The monoisotopic (exact) mass is 323 g/mol. The smallest absolute Gasteiger partial charge is 0.265 e. The van der Waals surface area contributed by atoms with Crippen LogP contribution >= 0.6 is 15.9 Å². The number of hydrogen-bond acceptors (Lipinski definition) is 3. The Morgan fingerprint density at radius 2 is 1.84 bits per heavy atom. The van der Waals surface area contributed by atoms with Gasteiger partial charge in [-0.3, -0.25) is 19.5 Å². The molecule has 0 aliphatic carbocycles. The zero-order valence-electron chi connectivity index (χ0n) is 9.72. The van der Waals surface area contributed by atoms with Crippen molar-refractivity contribution in [1.29, 1.82) is 0 Å². The molecule has 0 saturated heterocycles. The van der Waals surface area contributed by atoms with E-state index in [0.717, 1.165) is 21.3 Å². The number of carbonyl (C=O) groups excluding carboxylic acids is 1. The number of amides is 1. The molecular formula is C12H10BrN3O3. The number of aromatic amines is 1. The summed E-state index contributed by atoms with van der Waals surface area (Å²) in [4.78, 5) is 34.2. The van der Waals surface area contributed by atoms with E-state index >= 15 is 0 Å². The van der Waals surface area contributed by atoms with E-state index in [1.807, 2.05) is 0 Å². The van der Waals surface area contributed by atoms with Crippen molar-refractivity contribution >= 4 is 27.5 Å². The average molecular weight is 324 g/mol. The molecule has 0 saturated carbocycles. The third-order valence-corrected chi connectivity index (χ3v) is 2.85. The Morgan fingerprint density at radius 1 is 1.16 bits per heavy atom. The van der Waals surface area contributed by atoms with Crippen LogP contribution in [-0.4, -0.2) is 15.7 Å². The van der Waals surface area contributed by atoms with Crippen molar-refractivity contribution in [3.05, 3.63) is 61.6 Å². The number of nitrogens with zero attached hydrogens (tertiary/aromatic N) is 1. The minimum absolute atomic E-state index is 0.245. The van der Waals surface area contributed by atoms with E-state index in [1.165, 1.54) is 0 Å². The van der Waals surface area contributed by atoms with Gasteiger partial charge in [0.1, 0.15) is 6.54 Å². The van der Waals surface area contributed by atoms with Crippen LogP contribution in [0.4, 0.5) is 5.69 Å². The van der Waals surface area contributed by atoms with E-state index in [1.54, 1.807) is 24.3 Å².